The molecule has 0 saturated carbocycles. The number of carbonyl (C=O) groups excluding carboxylic acids is 1. The molecule has 0 aliphatic rings. The highest BCUT2D eigenvalue weighted by Crippen LogP contribution is 2.34. The molecular weight excluding hydrogens is 245 g/mol. The summed E-state index contributed by atoms with van der Waals surface area (Å²) in [7, 11) is 0. The Morgan fingerprint density at radius 1 is 1.11 bits per heavy atom. The molecule has 0 unspecified atom stereocenters. The van der Waals surface area contributed by atoms with Gasteiger partial charge in [-0.1, -0.05) is 32.9 Å². The number of rotatable bonds is 2. The van der Waals surface area contributed by atoms with E-state index in [1.54, 1.807) is 20.8 Å². The summed E-state index contributed by atoms with van der Waals surface area (Å²) < 4.78 is 38.0. The van der Waals surface area contributed by atoms with Crippen molar-refractivity contribution >= 4 is 11.6 Å². The summed E-state index contributed by atoms with van der Waals surface area (Å²) in [5.41, 5.74) is 2.89. The van der Waals surface area contributed by atoms with Crippen molar-refractivity contribution in [2.45, 2.75) is 26.9 Å². The van der Waals surface area contributed by atoms with E-state index < -0.39 is 17.2 Å². The quantitative estimate of drug-likeness (QED) is 0.802. The number of amides is 1. The van der Waals surface area contributed by atoms with Gasteiger partial charge in [-0.2, -0.15) is 13.2 Å². The van der Waals surface area contributed by atoms with Crippen LogP contribution in [0.5, 0.6) is 0 Å². The molecule has 0 heterocycles. The number of nitrogens with one attached hydrogen (secondary N) is 2. The third kappa shape index (κ3) is 3.65. The van der Waals surface area contributed by atoms with Crippen molar-refractivity contribution in [2.75, 3.05) is 5.43 Å². The fraction of sp³-hybridized carbons (Fsp3) is 0.417. The highest BCUT2D eigenvalue weighted by Gasteiger charge is 2.33. The highest BCUT2D eigenvalue weighted by molar-refractivity contribution is 5.82. The standard InChI is InChI=1S/C12H15F3N2O/c1-11(2,3)10(18)17-16-9-7-5-4-6-8(9)12(13,14)15/h4-7,16H,1-3H3,(H,17,18). The highest BCUT2D eigenvalue weighted by atomic mass is 19.4. The zero-order chi connectivity index (χ0) is 14.0. The summed E-state index contributed by atoms with van der Waals surface area (Å²) in [6.07, 6.45) is -4.46. The number of alkyl halides is 3. The minimum atomic E-state index is -4.46. The smallest absolute Gasteiger partial charge is 0.298 e. The molecule has 100 valence electrons. The number of para-hydroxylation sites is 1. The van der Waals surface area contributed by atoms with E-state index in [2.05, 4.69) is 10.9 Å². The monoisotopic (exact) mass is 260 g/mol. The van der Waals surface area contributed by atoms with Crippen LogP contribution >= 0.6 is 0 Å². The van der Waals surface area contributed by atoms with Gasteiger partial charge in [-0.15, -0.1) is 0 Å². The van der Waals surface area contributed by atoms with Crippen LogP contribution in [0.4, 0.5) is 18.9 Å². The van der Waals surface area contributed by atoms with Gasteiger partial charge < -0.3 is 0 Å². The number of hydrogen-bond donors (Lipinski definition) is 2. The third-order valence-corrected chi connectivity index (χ3v) is 2.22. The molecule has 0 radical (unpaired) electrons. The average Bonchev–Trinajstić information content (AvgIpc) is 2.23. The van der Waals surface area contributed by atoms with Gasteiger partial charge in [0.25, 0.3) is 0 Å². The van der Waals surface area contributed by atoms with Crippen LogP contribution < -0.4 is 10.9 Å². The molecule has 1 amide bonds. The van der Waals surface area contributed by atoms with Gasteiger partial charge >= 0.3 is 6.18 Å². The van der Waals surface area contributed by atoms with Crippen molar-refractivity contribution in [3.05, 3.63) is 29.8 Å². The van der Waals surface area contributed by atoms with E-state index >= 15 is 0 Å². The Balaban J connectivity index is 2.84. The number of anilines is 1. The predicted molar refractivity (Wildman–Crippen MR) is 62.7 cm³/mol. The van der Waals surface area contributed by atoms with E-state index in [1.807, 2.05) is 0 Å². The Bertz CT molecular complexity index is 436. The molecule has 0 saturated heterocycles. The van der Waals surface area contributed by atoms with Crippen molar-refractivity contribution < 1.29 is 18.0 Å². The molecule has 2 N–H and O–H groups in total. The lowest BCUT2D eigenvalue weighted by atomic mass is 9.96. The van der Waals surface area contributed by atoms with Crippen molar-refractivity contribution in [1.82, 2.24) is 5.43 Å². The van der Waals surface area contributed by atoms with Crippen LogP contribution in [0.1, 0.15) is 26.3 Å². The van der Waals surface area contributed by atoms with Gasteiger partial charge in [-0.05, 0) is 12.1 Å². The van der Waals surface area contributed by atoms with Gasteiger partial charge in [0, 0.05) is 5.41 Å². The Labute approximate surface area is 103 Å². The molecule has 18 heavy (non-hydrogen) atoms. The Hall–Kier alpha value is -1.72. The Morgan fingerprint density at radius 3 is 2.17 bits per heavy atom. The number of halogens is 3. The molecule has 0 aromatic heterocycles. The minimum absolute atomic E-state index is 0.178. The van der Waals surface area contributed by atoms with Crippen LogP contribution in [0.25, 0.3) is 0 Å². The molecule has 0 fully saturated rings. The van der Waals surface area contributed by atoms with Crippen LogP contribution in [0.3, 0.4) is 0 Å². The molecule has 0 aliphatic heterocycles. The van der Waals surface area contributed by atoms with Crippen LogP contribution in [0.15, 0.2) is 24.3 Å². The van der Waals surface area contributed by atoms with Gasteiger partial charge in [0.15, 0.2) is 0 Å². The molecule has 1 rings (SSSR count). The normalized spacial score (nSPS) is 12.1. The second kappa shape index (κ2) is 4.88. The number of carbonyl (C=O) groups is 1. The van der Waals surface area contributed by atoms with Gasteiger partial charge in [-0.3, -0.25) is 15.6 Å². The predicted octanol–water partition coefficient (Wildman–Crippen LogP) is 3.19. The maximum absolute atomic E-state index is 12.7. The summed E-state index contributed by atoms with van der Waals surface area (Å²) in [5.74, 6) is -0.389. The maximum Gasteiger partial charge on any atom is 0.418 e. The second-order valence-electron chi connectivity index (χ2n) is 4.87. The van der Waals surface area contributed by atoms with Crippen molar-refractivity contribution in [2.24, 2.45) is 5.41 Å². The molecule has 0 aliphatic carbocycles. The largest absolute Gasteiger partial charge is 0.418 e. The first kappa shape index (κ1) is 14.3. The Kier molecular flexibility index (Phi) is 3.88. The minimum Gasteiger partial charge on any atom is -0.298 e. The van der Waals surface area contributed by atoms with Crippen LogP contribution in [0.2, 0.25) is 0 Å². The number of hydrazine groups is 1. The number of hydrogen-bond acceptors (Lipinski definition) is 2. The zero-order valence-electron chi connectivity index (χ0n) is 10.4. The van der Waals surface area contributed by atoms with Crippen molar-refractivity contribution in [3.63, 3.8) is 0 Å². The van der Waals surface area contributed by atoms with Crippen molar-refractivity contribution in [3.8, 4) is 0 Å². The third-order valence-electron chi connectivity index (χ3n) is 2.22. The topological polar surface area (TPSA) is 41.1 Å². The first-order chi connectivity index (χ1) is 8.12. The molecular formula is C12H15F3N2O. The first-order valence-electron chi connectivity index (χ1n) is 5.35. The van der Waals surface area contributed by atoms with Crippen molar-refractivity contribution in [1.29, 1.82) is 0 Å². The molecule has 0 bridgehead atoms. The van der Waals surface area contributed by atoms with Crippen LogP contribution in [-0.2, 0) is 11.0 Å². The van der Waals surface area contributed by atoms with E-state index in [0.29, 0.717) is 0 Å². The summed E-state index contributed by atoms with van der Waals surface area (Å²) in [6, 6.07) is 4.96. The Morgan fingerprint density at radius 2 is 1.67 bits per heavy atom. The molecule has 6 heteroatoms. The summed E-state index contributed by atoms with van der Waals surface area (Å²) in [6.45, 7) is 5.00. The summed E-state index contributed by atoms with van der Waals surface area (Å²) >= 11 is 0. The van der Waals surface area contributed by atoms with E-state index in [4.69, 9.17) is 0 Å². The molecule has 0 spiro atoms. The summed E-state index contributed by atoms with van der Waals surface area (Å²) in [5, 5.41) is 0. The molecule has 3 nitrogen and oxygen atoms in total. The van der Waals surface area contributed by atoms with E-state index in [9.17, 15) is 18.0 Å². The van der Waals surface area contributed by atoms with E-state index in [0.717, 1.165) is 6.07 Å². The van der Waals surface area contributed by atoms with E-state index in [-0.39, 0.29) is 11.6 Å². The molecule has 1 aromatic rings. The van der Waals surface area contributed by atoms with Crippen LogP contribution in [-0.4, -0.2) is 5.91 Å². The van der Waals surface area contributed by atoms with Crippen LogP contribution in [0, 0.1) is 5.41 Å². The fourth-order valence-electron chi connectivity index (χ4n) is 1.15. The lowest BCUT2D eigenvalue weighted by molar-refractivity contribution is -0.137. The van der Waals surface area contributed by atoms with Gasteiger partial charge in [0.1, 0.15) is 0 Å². The van der Waals surface area contributed by atoms with E-state index in [1.165, 1.54) is 18.2 Å². The molecule has 0 atom stereocenters. The fourth-order valence-corrected chi connectivity index (χ4v) is 1.15. The summed E-state index contributed by atoms with van der Waals surface area (Å²) in [4.78, 5) is 11.5. The lowest BCUT2D eigenvalue weighted by Crippen LogP contribution is -2.38. The second-order valence-corrected chi connectivity index (χ2v) is 4.87. The SMILES string of the molecule is CC(C)(C)C(=O)NNc1ccccc1C(F)(F)F. The number of benzene rings is 1. The average molecular weight is 260 g/mol. The van der Waals surface area contributed by atoms with Gasteiger partial charge in [-0.25, -0.2) is 0 Å². The molecule has 1 aromatic carbocycles. The van der Waals surface area contributed by atoms with Gasteiger partial charge in [0.05, 0.1) is 11.3 Å². The maximum atomic E-state index is 12.7. The first-order valence-corrected chi connectivity index (χ1v) is 5.35. The lowest BCUT2D eigenvalue weighted by Gasteiger charge is -2.20. The van der Waals surface area contributed by atoms with Gasteiger partial charge in [0.2, 0.25) is 5.91 Å². The zero-order valence-corrected chi connectivity index (χ0v) is 10.4.